The molecule has 1 aliphatic heterocycles. The van der Waals surface area contributed by atoms with Crippen LogP contribution in [0.25, 0.3) is 11.0 Å². The minimum absolute atomic E-state index is 0.324. The van der Waals surface area contributed by atoms with E-state index in [4.69, 9.17) is 13.9 Å². The summed E-state index contributed by atoms with van der Waals surface area (Å²) < 4.78 is 16.8. The van der Waals surface area contributed by atoms with Gasteiger partial charge in [0.2, 0.25) is 0 Å². The number of benzene rings is 1. The third-order valence-electron chi connectivity index (χ3n) is 3.99. The van der Waals surface area contributed by atoms with Crippen molar-refractivity contribution < 1.29 is 13.9 Å². The second-order valence-electron chi connectivity index (χ2n) is 5.71. The highest BCUT2D eigenvalue weighted by molar-refractivity contribution is 5.77. The number of aromatic nitrogens is 2. The van der Waals surface area contributed by atoms with Crippen LogP contribution in [0.15, 0.2) is 51.9 Å². The van der Waals surface area contributed by atoms with Crippen molar-refractivity contribution in [3.8, 4) is 5.75 Å². The normalized spacial score (nSPS) is 14.6. The van der Waals surface area contributed by atoms with E-state index in [9.17, 15) is 4.79 Å². The number of pyridine rings is 1. The van der Waals surface area contributed by atoms with Crippen LogP contribution in [0.4, 0.5) is 6.01 Å². The van der Waals surface area contributed by atoms with Crippen LogP contribution in [0.5, 0.6) is 5.75 Å². The number of hydrogen-bond acceptors (Lipinski definition) is 7. The van der Waals surface area contributed by atoms with Gasteiger partial charge in [-0.2, -0.15) is 4.98 Å². The first kappa shape index (κ1) is 15.6. The van der Waals surface area contributed by atoms with E-state index in [1.54, 1.807) is 30.6 Å². The Kier molecular flexibility index (Phi) is 4.30. The van der Waals surface area contributed by atoms with Crippen molar-refractivity contribution in [3.05, 3.63) is 58.6 Å². The highest BCUT2D eigenvalue weighted by Crippen LogP contribution is 2.22. The molecule has 1 aromatic carbocycles. The summed E-state index contributed by atoms with van der Waals surface area (Å²) in [6, 6.07) is 9.30. The Labute approximate surface area is 143 Å². The highest BCUT2D eigenvalue weighted by atomic mass is 16.5. The predicted molar refractivity (Wildman–Crippen MR) is 91.9 cm³/mol. The molecule has 1 aliphatic rings. The number of morpholine rings is 1. The lowest BCUT2D eigenvalue weighted by Gasteiger charge is -2.25. The summed E-state index contributed by atoms with van der Waals surface area (Å²) in [6.45, 7) is 2.90. The molecule has 0 amide bonds. The lowest BCUT2D eigenvalue weighted by molar-refractivity contribution is 0.120. The van der Waals surface area contributed by atoms with Gasteiger partial charge in [-0.15, -0.1) is 0 Å². The second kappa shape index (κ2) is 6.90. The van der Waals surface area contributed by atoms with Crippen molar-refractivity contribution >= 4 is 17.0 Å². The fourth-order valence-electron chi connectivity index (χ4n) is 2.66. The van der Waals surface area contributed by atoms with Crippen LogP contribution in [-0.2, 0) is 11.3 Å². The average Bonchev–Trinajstić information content (AvgIpc) is 2.68. The van der Waals surface area contributed by atoms with Crippen LogP contribution in [0, 0.1) is 0 Å². The van der Waals surface area contributed by atoms with E-state index in [0.717, 1.165) is 5.56 Å². The van der Waals surface area contributed by atoms with Gasteiger partial charge in [0, 0.05) is 31.0 Å². The maximum Gasteiger partial charge on any atom is 0.301 e. The molecule has 3 aromatic rings. The smallest absolute Gasteiger partial charge is 0.301 e. The first-order chi connectivity index (χ1) is 12.3. The average molecular weight is 339 g/mol. The third-order valence-corrected chi connectivity index (χ3v) is 3.99. The minimum atomic E-state index is -0.324. The Morgan fingerprint density at radius 2 is 2.08 bits per heavy atom. The van der Waals surface area contributed by atoms with Gasteiger partial charge in [-0.3, -0.25) is 9.78 Å². The Morgan fingerprint density at radius 3 is 2.88 bits per heavy atom. The van der Waals surface area contributed by atoms with Gasteiger partial charge in [-0.1, -0.05) is 6.07 Å². The van der Waals surface area contributed by atoms with Gasteiger partial charge in [-0.05, 0) is 24.3 Å². The van der Waals surface area contributed by atoms with Crippen molar-refractivity contribution in [2.75, 3.05) is 31.2 Å². The molecular formula is C18H17N3O4. The van der Waals surface area contributed by atoms with E-state index >= 15 is 0 Å². The van der Waals surface area contributed by atoms with Crippen LogP contribution in [0.3, 0.4) is 0 Å². The standard InChI is InChI=1S/C18H17N3O4/c22-17-15-10-14(24-12-13-2-1-5-19-11-13)3-4-16(15)25-18(20-17)21-6-8-23-9-7-21/h1-5,10-11H,6-9,12H2. The summed E-state index contributed by atoms with van der Waals surface area (Å²) in [5.74, 6) is 0.588. The van der Waals surface area contributed by atoms with Gasteiger partial charge in [0.15, 0.2) is 0 Å². The zero-order chi connectivity index (χ0) is 17.1. The molecule has 0 bridgehead atoms. The number of fused-ring (bicyclic) bond motifs is 1. The van der Waals surface area contributed by atoms with Crippen molar-refractivity contribution in [3.63, 3.8) is 0 Å². The molecule has 0 saturated carbocycles. The van der Waals surface area contributed by atoms with E-state index in [2.05, 4.69) is 9.97 Å². The predicted octanol–water partition coefficient (Wildman–Crippen LogP) is 2.00. The molecule has 0 N–H and O–H groups in total. The van der Waals surface area contributed by atoms with Gasteiger partial charge in [0.1, 0.15) is 17.9 Å². The van der Waals surface area contributed by atoms with Crippen molar-refractivity contribution in [2.24, 2.45) is 0 Å². The Hall–Kier alpha value is -2.93. The summed E-state index contributed by atoms with van der Waals surface area (Å²) in [5.41, 5.74) is 1.13. The molecule has 0 radical (unpaired) electrons. The SMILES string of the molecule is O=c1nc(N2CCOCC2)oc2ccc(OCc3cccnc3)cc12. The maximum atomic E-state index is 12.4. The van der Waals surface area contributed by atoms with Crippen LogP contribution >= 0.6 is 0 Å². The monoisotopic (exact) mass is 339 g/mol. The van der Waals surface area contributed by atoms with E-state index in [-0.39, 0.29) is 5.56 Å². The zero-order valence-corrected chi connectivity index (χ0v) is 13.6. The molecule has 2 aromatic heterocycles. The Bertz CT molecular complexity index is 921. The quantitative estimate of drug-likeness (QED) is 0.719. The molecule has 1 fully saturated rings. The molecular weight excluding hydrogens is 322 g/mol. The number of hydrogen-bond donors (Lipinski definition) is 0. The first-order valence-electron chi connectivity index (χ1n) is 8.09. The molecule has 7 heteroatoms. The number of rotatable bonds is 4. The molecule has 4 rings (SSSR count). The van der Waals surface area contributed by atoms with Gasteiger partial charge in [0.25, 0.3) is 5.56 Å². The first-order valence-corrected chi connectivity index (χ1v) is 8.09. The van der Waals surface area contributed by atoms with Crippen LogP contribution in [0.2, 0.25) is 0 Å². The van der Waals surface area contributed by atoms with Gasteiger partial charge >= 0.3 is 6.01 Å². The van der Waals surface area contributed by atoms with Crippen molar-refractivity contribution in [1.82, 2.24) is 9.97 Å². The highest BCUT2D eigenvalue weighted by Gasteiger charge is 2.17. The van der Waals surface area contributed by atoms with E-state index in [0.29, 0.717) is 55.6 Å². The Balaban J connectivity index is 1.58. The topological polar surface area (TPSA) is 77.7 Å². The van der Waals surface area contributed by atoms with Crippen molar-refractivity contribution in [1.29, 1.82) is 0 Å². The summed E-state index contributed by atoms with van der Waals surface area (Å²) in [5, 5.41) is 0.403. The third kappa shape index (κ3) is 3.46. The maximum absolute atomic E-state index is 12.4. The number of nitrogens with zero attached hydrogens (tertiary/aromatic N) is 3. The molecule has 7 nitrogen and oxygen atoms in total. The summed E-state index contributed by atoms with van der Waals surface area (Å²) >= 11 is 0. The molecule has 128 valence electrons. The van der Waals surface area contributed by atoms with Crippen LogP contribution < -0.4 is 15.2 Å². The van der Waals surface area contributed by atoms with Gasteiger partial charge in [-0.25, -0.2) is 0 Å². The molecule has 0 aliphatic carbocycles. The lowest BCUT2D eigenvalue weighted by atomic mass is 10.2. The fraction of sp³-hybridized carbons (Fsp3) is 0.278. The van der Waals surface area contributed by atoms with E-state index in [1.165, 1.54) is 0 Å². The van der Waals surface area contributed by atoms with Crippen LogP contribution in [0.1, 0.15) is 5.56 Å². The zero-order valence-electron chi connectivity index (χ0n) is 13.6. The molecule has 25 heavy (non-hydrogen) atoms. The fourth-order valence-corrected chi connectivity index (χ4v) is 2.66. The molecule has 0 atom stereocenters. The number of ether oxygens (including phenoxy) is 2. The van der Waals surface area contributed by atoms with Gasteiger partial charge < -0.3 is 18.8 Å². The second-order valence-corrected chi connectivity index (χ2v) is 5.71. The van der Waals surface area contributed by atoms with E-state index < -0.39 is 0 Å². The summed E-state index contributed by atoms with van der Waals surface area (Å²) in [6.07, 6.45) is 3.45. The lowest BCUT2D eigenvalue weighted by Crippen LogP contribution is -2.37. The van der Waals surface area contributed by atoms with E-state index in [1.807, 2.05) is 17.0 Å². The molecule has 0 unspecified atom stereocenters. The Morgan fingerprint density at radius 1 is 1.20 bits per heavy atom. The minimum Gasteiger partial charge on any atom is -0.489 e. The summed E-state index contributed by atoms with van der Waals surface area (Å²) in [4.78, 5) is 22.4. The number of anilines is 1. The van der Waals surface area contributed by atoms with Crippen LogP contribution in [-0.4, -0.2) is 36.3 Å². The largest absolute Gasteiger partial charge is 0.489 e. The summed E-state index contributed by atoms with van der Waals surface area (Å²) in [7, 11) is 0. The van der Waals surface area contributed by atoms with Crippen molar-refractivity contribution in [2.45, 2.75) is 6.61 Å². The molecule has 3 heterocycles. The van der Waals surface area contributed by atoms with Gasteiger partial charge in [0.05, 0.1) is 18.6 Å². The molecule has 1 saturated heterocycles. The molecule has 0 spiro atoms.